The Morgan fingerprint density at radius 1 is 0.844 bits per heavy atom. The maximum absolute atomic E-state index is 12.6. The fourth-order valence-corrected chi connectivity index (χ4v) is 3.42. The number of ketones is 1. The fourth-order valence-electron chi connectivity index (χ4n) is 3.42. The molecule has 0 N–H and O–H groups in total. The summed E-state index contributed by atoms with van der Waals surface area (Å²) in [5, 5.41) is 0. The van der Waals surface area contributed by atoms with Gasteiger partial charge in [-0.2, -0.15) is 0 Å². The number of ether oxygens (including phenoxy) is 2. The van der Waals surface area contributed by atoms with Crippen LogP contribution in [0.2, 0.25) is 0 Å². The highest BCUT2D eigenvalue weighted by molar-refractivity contribution is 6.08. The van der Waals surface area contributed by atoms with Crippen LogP contribution in [0.5, 0.6) is 0 Å². The van der Waals surface area contributed by atoms with E-state index in [4.69, 9.17) is 9.47 Å². The first-order valence-electron chi connectivity index (χ1n) is 11.6. The molecule has 0 aromatic heterocycles. The molecule has 174 valence electrons. The van der Waals surface area contributed by atoms with Gasteiger partial charge in [0.2, 0.25) is 0 Å². The fraction of sp³-hybridized carbons (Fsp3) is 0.429. The zero-order chi connectivity index (χ0) is 23.8. The molecule has 0 aliphatic heterocycles. The van der Waals surface area contributed by atoms with E-state index in [1.54, 1.807) is 0 Å². The highest BCUT2D eigenvalue weighted by atomic mass is 16.6. The van der Waals surface area contributed by atoms with Gasteiger partial charge >= 0.3 is 5.97 Å². The molecule has 2 aromatic rings. The van der Waals surface area contributed by atoms with E-state index in [1.807, 2.05) is 54.6 Å². The van der Waals surface area contributed by atoms with Crippen molar-refractivity contribution in [3.63, 3.8) is 0 Å². The quantitative estimate of drug-likeness (QED) is 0.157. The maximum Gasteiger partial charge on any atom is 0.330 e. The number of esters is 1. The predicted molar refractivity (Wildman–Crippen MR) is 131 cm³/mol. The van der Waals surface area contributed by atoms with Crippen molar-refractivity contribution in [2.75, 3.05) is 13.2 Å². The monoisotopic (exact) mass is 438 g/mol. The molecule has 0 bridgehead atoms. The molecule has 2 rings (SSSR count). The van der Waals surface area contributed by atoms with Gasteiger partial charge in [-0.15, -0.1) is 0 Å². The second kappa shape index (κ2) is 15.1. The Kier molecular flexibility index (Phi) is 12.9. The number of carbonyl (C=O) groups excluding carboxylic acids is 2. The Labute approximate surface area is 193 Å². The molecule has 0 aliphatic carbocycles. The van der Waals surface area contributed by atoms with Crippen LogP contribution < -0.4 is 0 Å². The molecule has 0 fully saturated rings. The largest absolute Gasteiger partial charge is 0.460 e. The van der Waals surface area contributed by atoms with E-state index < -0.39 is 11.6 Å². The van der Waals surface area contributed by atoms with Gasteiger partial charge in [0, 0.05) is 17.2 Å². The Morgan fingerprint density at radius 3 is 1.88 bits per heavy atom. The number of hydrogen-bond acceptors (Lipinski definition) is 4. The molecule has 0 saturated carbocycles. The molecule has 4 heteroatoms. The number of carbonyl (C=O) groups is 2. The molecule has 0 atom stereocenters. The summed E-state index contributed by atoms with van der Waals surface area (Å²) in [6.45, 7) is 12.4. The standard InChI is InChI=1S/C23H26O4.C5H12/c1-4-21(24)26-16-17-27-23(5-2,6-3)20-14-12-19(13-15-20)22(25)18-10-8-7-9-11-18;1-3-5-4-2/h4,7-15H,1,5-6,16-17H2,2-3H3;3-5H2,1-2H3. The van der Waals surface area contributed by atoms with Crippen molar-refractivity contribution in [3.05, 3.63) is 83.9 Å². The van der Waals surface area contributed by atoms with Crippen molar-refractivity contribution in [2.24, 2.45) is 0 Å². The van der Waals surface area contributed by atoms with E-state index in [2.05, 4.69) is 34.3 Å². The number of rotatable bonds is 12. The van der Waals surface area contributed by atoms with Gasteiger partial charge in [0.1, 0.15) is 6.61 Å². The first kappa shape index (κ1) is 27.3. The van der Waals surface area contributed by atoms with E-state index in [0.29, 0.717) is 17.7 Å². The lowest BCUT2D eigenvalue weighted by atomic mass is 9.87. The summed E-state index contributed by atoms with van der Waals surface area (Å²) in [6.07, 6.45) is 6.75. The molecule has 0 unspecified atom stereocenters. The Hall–Kier alpha value is -2.72. The highest BCUT2D eigenvalue weighted by Gasteiger charge is 2.29. The third-order valence-corrected chi connectivity index (χ3v) is 5.43. The average Bonchev–Trinajstić information content (AvgIpc) is 2.85. The van der Waals surface area contributed by atoms with Crippen molar-refractivity contribution in [1.29, 1.82) is 0 Å². The van der Waals surface area contributed by atoms with Crippen molar-refractivity contribution < 1.29 is 19.1 Å². The molecule has 32 heavy (non-hydrogen) atoms. The molecule has 0 heterocycles. The first-order chi connectivity index (χ1) is 15.5. The summed E-state index contributed by atoms with van der Waals surface area (Å²) >= 11 is 0. The van der Waals surface area contributed by atoms with Gasteiger partial charge < -0.3 is 9.47 Å². The summed E-state index contributed by atoms with van der Waals surface area (Å²) in [4.78, 5) is 23.7. The van der Waals surface area contributed by atoms with Gasteiger partial charge in [-0.1, -0.05) is 108 Å². The average molecular weight is 439 g/mol. The summed E-state index contributed by atoms with van der Waals surface area (Å²) in [5.41, 5.74) is 1.84. The molecule has 4 nitrogen and oxygen atoms in total. The first-order valence-corrected chi connectivity index (χ1v) is 11.6. The van der Waals surface area contributed by atoms with Gasteiger partial charge in [0.25, 0.3) is 0 Å². The Morgan fingerprint density at radius 2 is 1.41 bits per heavy atom. The Bertz CT molecular complexity index is 803. The minimum Gasteiger partial charge on any atom is -0.460 e. The summed E-state index contributed by atoms with van der Waals surface area (Å²) < 4.78 is 11.1. The second-order valence-electron chi connectivity index (χ2n) is 7.55. The molecule has 2 aromatic carbocycles. The highest BCUT2D eigenvalue weighted by Crippen LogP contribution is 2.33. The zero-order valence-corrected chi connectivity index (χ0v) is 20.1. The number of hydrogen-bond donors (Lipinski definition) is 0. The van der Waals surface area contributed by atoms with Crippen LogP contribution in [0.1, 0.15) is 81.3 Å². The van der Waals surface area contributed by atoms with Gasteiger partial charge in [-0.25, -0.2) is 4.79 Å². The van der Waals surface area contributed by atoms with Crippen LogP contribution in [0.3, 0.4) is 0 Å². The van der Waals surface area contributed by atoms with E-state index >= 15 is 0 Å². The molecular formula is C28H38O4. The smallest absolute Gasteiger partial charge is 0.330 e. The van der Waals surface area contributed by atoms with Crippen LogP contribution in [0.4, 0.5) is 0 Å². The molecule has 0 spiro atoms. The molecule has 0 saturated heterocycles. The zero-order valence-electron chi connectivity index (χ0n) is 20.1. The number of benzene rings is 2. The van der Waals surface area contributed by atoms with E-state index in [9.17, 15) is 9.59 Å². The van der Waals surface area contributed by atoms with Crippen LogP contribution in [-0.2, 0) is 19.9 Å². The van der Waals surface area contributed by atoms with Crippen molar-refractivity contribution in [1.82, 2.24) is 0 Å². The van der Waals surface area contributed by atoms with Gasteiger partial charge in [0.15, 0.2) is 5.78 Å². The molecular weight excluding hydrogens is 400 g/mol. The lowest BCUT2D eigenvalue weighted by Gasteiger charge is -2.32. The molecule has 0 radical (unpaired) electrons. The van der Waals surface area contributed by atoms with Crippen LogP contribution in [0.25, 0.3) is 0 Å². The number of unbranched alkanes of at least 4 members (excludes halogenated alkanes) is 2. The van der Waals surface area contributed by atoms with E-state index in [1.165, 1.54) is 19.3 Å². The third kappa shape index (κ3) is 8.43. The van der Waals surface area contributed by atoms with E-state index in [-0.39, 0.29) is 12.4 Å². The second-order valence-corrected chi connectivity index (χ2v) is 7.55. The minimum absolute atomic E-state index is 0.00185. The van der Waals surface area contributed by atoms with Crippen molar-refractivity contribution >= 4 is 11.8 Å². The predicted octanol–water partition coefficient (Wildman–Crippen LogP) is 6.88. The lowest BCUT2D eigenvalue weighted by molar-refractivity contribution is -0.142. The van der Waals surface area contributed by atoms with Crippen LogP contribution in [-0.4, -0.2) is 25.0 Å². The van der Waals surface area contributed by atoms with Gasteiger partial charge in [-0.05, 0) is 18.4 Å². The van der Waals surface area contributed by atoms with Crippen LogP contribution >= 0.6 is 0 Å². The normalized spacial score (nSPS) is 10.6. The topological polar surface area (TPSA) is 52.6 Å². The third-order valence-electron chi connectivity index (χ3n) is 5.43. The SMILES string of the molecule is C=CC(=O)OCCOC(CC)(CC)c1ccc(C(=O)c2ccccc2)cc1.CCCCC. The lowest BCUT2D eigenvalue weighted by Crippen LogP contribution is -2.30. The summed E-state index contributed by atoms with van der Waals surface area (Å²) in [7, 11) is 0. The van der Waals surface area contributed by atoms with Crippen molar-refractivity contribution in [2.45, 2.75) is 65.4 Å². The summed E-state index contributed by atoms with van der Waals surface area (Å²) in [6, 6.07) is 16.8. The minimum atomic E-state index is -0.477. The summed E-state index contributed by atoms with van der Waals surface area (Å²) in [5.74, 6) is -0.459. The van der Waals surface area contributed by atoms with Crippen LogP contribution in [0, 0.1) is 0 Å². The van der Waals surface area contributed by atoms with Crippen molar-refractivity contribution in [3.8, 4) is 0 Å². The maximum atomic E-state index is 12.6. The Balaban J connectivity index is 0.000000920. The molecule has 0 aliphatic rings. The van der Waals surface area contributed by atoms with Gasteiger partial charge in [-0.3, -0.25) is 4.79 Å². The van der Waals surface area contributed by atoms with Crippen LogP contribution in [0.15, 0.2) is 67.3 Å². The van der Waals surface area contributed by atoms with Gasteiger partial charge in [0.05, 0.1) is 12.2 Å². The molecule has 0 amide bonds. The van der Waals surface area contributed by atoms with E-state index in [0.717, 1.165) is 24.5 Å².